The fraction of sp³-hybridized carbons (Fsp3) is 0.417. The molecule has 0 saturated carbocycles. The zero-order valence-corrected chi connectivity index (χ0v) is 19.3. The molecule has 0 unspecified atom stereocenters. The van der Waals surface area contributed by atoms with Gasteiger partial charge >= 0.3 is 0 Å². The summed E-state index contributed by atoms with van der Waals surface area (Å²) in [4.78, 5) is 43.4. The molecule has 0 spiro atoms. The Morgan fingerprint density at radius 1 is 1.24 bits per heavy atom. The number of amides is 1. The first-order valence-electron chi connectivity index (χ1n) is 11.4. The summed E-state index contributed by atoms with van der Waals surface area (Å²) >= 11 is 0. The Bertz CT molecular complexity index is 1270. The molecule has 1 saturated heterocycles. The summed E-state index contributed by atoms with van der Waals surface area (Å²) in [6, 6.07) is 8.08. The van der Waals surface area contributed by atoms with Crippen molar-refractivity contribution in [1.29, 1.82) is 0 Å². The van der Waals surface area contributed by atoms with Gasteiger partial charge in [-0.1, -0.05) is 6.92 Å². The van der Waals surface area contributed by atoms with Crippen molar-refractivity contribution >= 4 is 28.4 Å². The fourth-order valence-electron chi connectivity index (χ4n) is 4.91. The Kier molecular flexibility index (Phi) is 5.49. The van der Waals surface area contributed by atoms with Gasteiger partial charge in [0.2, 0.25) is 0 Å². The molecule has 0 bridgehead atoms. The number of aryl methyl sites for hydroxylation is 1. The fourth-order valence-corrected chi connectivity index (χ4v) is 4.91. The smallest absolute Gasteiger partial charge is 0.269 e. The van der Waals surface area contributed by atoms with Gasteiger partial charge in [-0.2, -0.15) is 0 Å². The number of anilines is 2. The molecule has 1 amide bonds. The first kappa shape index (κ1) is 21.4. The van der Waals surface area contributed by atoms with E-state index in [0.717, 1.165) is 66.4 Å². The summed E-state index contributed by atoms with van der Waals surface area (Å²) in [6.45, 7) is 6.34. The van der Waals surface area contributed by atoms with Crippen LogP contribution in [0.5, 0.6) is 0 Å². The highest BCUT2D eigenvalue weighted by molar-refractivity contribution is 5.93. The average Bonchev–Trinajstić information content (AvgIpc) is 2.82. The van der Waals surface area contributed by atoms with Crippen molar-refractivity contribution in [3.63, 3.8) is 0 Å². The molecule has 0 aliphatic carbocycles. The minimum atomic E-state index is -0.172. The van der Waals surface area contributed by atoms with E-state index in [4.69, 9.17) is 0 Å². The molecule has 2 N–H and O–H groups in total. The highest BCUT2D eigenvalue weighted by Crippen LogP contribution is 2.35. The molecule has 172 valence electrons. The van der Waals surface area contributed by atoms with E-state index >= 15 is 0 Å². The summed E-state index contributed by atoms with van der Waals surface area (Å²) in [5.74, 6) is 0.685. The van der Waals surface area contributed by atoms with Crippen LogP contribution in [0.15, 0.2) is 35.3 Å². The zero-order valence-electron chi connectivity index (χ0n) is 19.3. The van der Waals surface area contributed by atoms with Gasteiger partial charge in [-0.3, -0.25) is 19.5 Å². The van der Waals surface area contributed by atoms with Crippen molar-refractivity contribution in [2.45, 2.75) is 25.9 Å². The third kappa shape index (κ3) is 3.93. The van der Waals surface area contributed by atoms with Crippen LogP contribution in [0.25, 0.3) is 11.0 Å². The largest absolute Gasteiger partial charge is 0.361 e. The van der Waals surface area contributed by atoms with Crippen molar-refractivity contribution < 1.29 is 4.79 Å². The van der Waals surface area contributed by atoms with Crippen LogP contribution in [0.3, 0.4) is 0 Å². The van der Waals surface area contributed by atoms with Gasteiger partial charge in [0.05, 0.1) is 22.8 Å². The van der Waals surface area contributed by atoms with E-state index < -0.39 is 0 Å². The molecule has 3 aromatic rings. The van der Waals surface area contributed by atoms with E-state index in [-0.39, 0.29) is 11.5 Å². The van der Waals surface area contributed by atoms with Crippen molar-refractivity contribution in [2.75, 3.05) is 50.1 Å². The monoisotopic (exact) mass is 447 g/mol. The number of pyridine rings is 3. The number of H-pyrrole nitrogens is 1. The molecule has 1 fully saturated rings. The zero-order chi connectivity index (χ0) is 23.1. The number of hydrogen-bond acceptors (Lipinski definition) is 7. The second-order valence-corrected chi connectivity index (χ2v) is 8.83. The summed E-state index contributed by atoms with van der Waals surface area (Å²) in [5.41, 5.74) is 4.96. The molecular weight excluding hydrogens is 418 g/mol. The van der Waals surface area contributed by atoms with Crippen LogP contribution in [-0.2, 0) is 13.0 Å². The number of nitrogens with zero attached hydrogens (tertiary/aromatic N) is 5. The number of rotatable bonds is 4. The Hall–Kier alpha value is -3.46. The number of piperazine rings is 1. The maximum Gasteiger partial charge on any atom is 0.269 e. The number of carbonyl (C=O) groups is 1. The van der Waals surface area contributed by atoms with Gasteiger partial charge in [-0.25, -0.2) is 4.98 Å². The second-order valence-electron chi connectivity index (χ2n) is 8.83. The van der Waals surface area contributed by atoms with Crippen molar-refractivity contribution in [1.82, 2.24) is 25.2 Å². The number of aromatic nitrogens is 3. The second kappa shape index (κ2) is 8.47. The summed E-state index contributed by atoms with van der Waals surface area (Å²) in [6.07, 6.45) is 2.61. The number of nitrogens with one attached hydrogen (secondary N) is 2. The number of likely N-dealkylation sites (N-methyl/N-ethyl adjacent to an activating group) is 1. The highest BCUT2D eigenvalue weighted by atomic mass is 16.1. The summed E-state index contributed by atoms with van der Waals surface area (Å²) in [5, 5.41) is 2.64. The van der Waals surface area contributed by atoms with Gasteiger partial charge in [-0.15, -0.1) is 0 Å². The molecule has 3 aromatic heterocycles. The Balaban J connectivity index is 1.33. The predicted octanol–water partition coefficient (Wildman–Crippen LogP) is 1.38. The molecule has 9 nitrogen and oxygen atoms in total. The third-order valence-electron chi connectivity index (χ3n) is 6.65. The molecule has 1 atom stereocenters. The van der Waals surface area contributed by atoms with Crippen LogP contribution in [0.4, 0.5) is 11.5 Å². The molecule has 0 aromatic carbocycles. The van der Waals surface area contributed by atoms with E-state index in [0.29, 0.717) is 18.2 Å². The predicted molar refractivity (Wildman–Crippen MR) is 129 cm³/mol. The van der Waals surface area contributed by atoms with Crippen LogP contribution in [0.2, 0.25) is 0 Å². The van der Waals surface area contributed by atoms with Crippen LogP contribution in [-0.4, -0.2) is 72.1 Å². The van der Waals surface area contributed by atoms with Gasteiger partial charge < -0.3 is 20.1 Å². The Morgan fingerprint density at radius 2 is 2.09 bits per heavy atom. The van der Waals surface area contributed by atoms with Crippen molar-refractivity contribution in [2.24, 2.45) is 0 Å². The van der Waals surface area contributed by atoms with E-state index in [1.165, 1.54) is 0 Å². The number of hydrogen-bond donors (Lipinski definition) is 2. The summed E-state index contributed by atoms with van der Waals surface area (Å²) < 4.78 is 0. The molecule has 9 heteroatoms. The normalized spacial score (nSPS) is 18.2. The minimum Gasteiger partial charge on any atom is -0.361 e. The van der Waals surface area contributed by atoms with E-state index in [2.05, 4.69) is 35.0 Å². The minimum absolute atomic E-state index is 0.0327. The molecule has 0 radical (unpaired) electrons. The van der Waals surface area contributed by atoms with Gasteiger partial charge in [-0.05, 0) is 36.2 Å². The quantitative estimate of drug-likeness (QED) is 0.624. The van der Waals surface area contributed by atoms with E-state index in [9.17, 15) is 9.59 Å². The van der Waals surface area contributed by atoms with Crippen LogP contribution < -0.4 is 20.7 Å². The molecule has 5 rings (SSSR count). The maximum atomic E-state index is 12.2. The first-order valence-corrected chi connectivity index (χ1v) is 11.4. The van der Waals surface area contributed by atoms with Crippen molar-refractivity contribution in [3.8, 4) is 0 Å². The van der Waals surface area contributed by atoms with E-state index in [1.54, 1.807) is 13.1 Å². The van der Waals surface area contributed by atoms with Crippen LogP contribution >= 0.6 is 0 Å². The molecule has 2 aliphatic heterocycles. The lowest BCUT2D eigenvalue weighted by molar-refractivity contribution is 0.0958. The molecule has 33 heavy (non-hydrogen) atoms. The Labute approximate surface area is 192 Å². The lowest BCUT2D eigenvalue weighted by atomic mass is 10.1. The van der Waals surface area contributed by atoms with Gasteiger partial charge in [0.25, 0.3) is 11.5 Å². The van der Waals surface area contributed by atoms with Gasteiger partial charge in [0.1, 0.15) is 5.69 Å². The first-order chi connectivity index (χ1) is 16.0. The third-order valence-corrected chi connectivity index (χ3v) is 6.65. The standard InChI is InChI=1S/C24H29N7O2/c1-4-16-10-19-20(28-23(16)32)9-15(11-26-19)12-30-7-8-31-17(14-30)13-29(3)22-21(31)6-5-18(27-22)24(33)25-2/h5-6,9-11,17H,4,7-8,12-14H2,1-3H3,(H,25,33)(H,28,32)/t17-/m0/s1. The summed E-state index contributed by atoms with van der Waals surface area (Å²) in [7, 11) is 3.65. The molecular formula is C24H29N7O2. The lowest BCUT2D eigenvalue weighted by Gasteiger charge is -2.48. The average molecular weight is 448 g/mol. The van der Waals surface area contributed by atoms with E-state index in [1.807, 2.05) is 38.4 Å². The van der Waals surface area contributed by atoms with Gasteiger partial charge in [0.15, 0.2) is 5.82 Å². The lowest BCUT2D eigenvalue weighted by Crippen LogP contribution is -2.59. The highest BCUT2D eigenvalue weighted by Gasteiger charge is 2.35. The van der Waals surface area contributed by atoms with Crippen LogP contribution in [0.1, 0.15) is 28.5 Å². The topological polar surface area (TPSA) is 97.5 Å². The Morgan fingerprint density at radius 3 is 2.88 bits per heavy atom. The van der Waals surface area contributed by atoms with Crippen molar-refractivity contribution in [3.05, 3.63) is 57.6 Å². The maximum absolute atomic E-state index is 12.2. The van der Waals surface area contributed by atoms with Crippen LogP contribution in [0, 0.1) is 0 Å². The number of fused-ring (bicyclic) bond motifs is 4. The number of carbonyl (C=O) groups excluding carboxylic acids is 1. The van der Waals surface area contributed by atoms with Gasteiger partial charge in [0, 0.05) is 58.6 Å². The SMILES string of the molecule is CCc1cc2ncc(CN3CCN4c5ccc(C(=O)NC)nc5N(C)C[C@H]4C3)cc2[nH]c1=O. The molecule has 2 aliphatic rings. The number of aromatic amines is 1. The molecule has 5 heterocycles.